The van der Waals surface area contributed by atoms with Gasteiger partial charge in [0.25, 0.3) is 0 Å². The van der Waals surface area contributed by atoms with E-state index in [4.69, 9.17) is 0 Å². The smallest absolute Gasteiger partial charge is 0.341 e. The average Bonchev–Trinajstić information content (AvgIpc) is 2.56. The van der Waals surface area contributed by atoms with Crippen LogP contribution in [0.4, 0.5) is 13.2 Å². The maximum atomic E-state index is 13.4. The summed E-state index contributed by atoms with van der Waals surface area (Å²) >= 11 is 0. The fourth-order valence-electron chi connectivity index (χ4n) is 3.65. The summed E-state index contributed by atoms with van der Waals surface area (Å²) < 4.78 is 40.1. The van der Waals surface area contributed by atoms with Crippen molar-refractivity contribution in [2.45, 2.75) is 44.7 Å². The van der Waals surface area contributed by atoms with Crippen molar-refractivity contribution in [3.63, 3.8) is 0 Å². The Kier molecular flexibility index (Phi) is 3.69. The van der Waals surface area contributed by atoms with Crippen LogP contribution in [0.2, 0.25) is 0 Å². The van der Waals surface area contributed by atoms with Crippen LogP contribution in [0.25, 0.3) is 0 Å². The van der Waals surface area contributed by atoms with E-state index in [9.17, 15) is 18.0 Å². The Bertz CT molecular complexity index is 578. The Morgan fingerprint density at radius 1 is 1.27 bits per heavy atom. The van der Waals surface area contributed by atoms with E-state index in [0.29, 0.717) is 25.9 Å². The second kappa shape index (κ2) is 5.28. The van der Waals surface area contributed by atoms with Gasteiger partial charge in [0.05, 0.1) is 0 Å². The Hall–Kier alpha value is -1.52. The number of fused-ring (bicyclic) bond motifs is 1. The first kappa shape index (κ1) is 15.4. The van der Waals surface area contributed by atoms with E-state index < -0.39 is 17.5 Å². The molecular formula is C17H20F3NO. The van der Waals surface area contributed by atoms with Crippen molar-refractivity contribution in [3.05, 3.63) is 35.4 Å². The molecule has 1 aromatic carbocycles. The summed E-state index contributed by atoms with van der Waals surface area (Å²) in [5.74, 6) is -0.654. The molecule has 0 saturated heterocycles. The second-order valence-electron chi connectivity index (χ2n) is 6.53. The molecule has 5 heteroatoms. The molecular weight excluding hydrogens is 291 g/mol. The number of carbonyl (C=O) groups excluding carboxylic acids is 1. The molecule has 1 amide bonds. The molecule has 1 unspecified atom stereocenters. The van der Waals surface area contributed by atoms with Crippen molar-refractivity contribution in [3.8, 4) is 0 Å². The van der Waals surface area contributed by atoms with Crippen LogP contribution in [0.5, 0.6) is 0 Å². The van der Waals surface area contributed by atoms with Gasteiger partial charge < -0.3 is 4.90 Å². The van der Waals surface area contributed by atoms with E-state index in [1.807, 2.05) is 31.2 Å². The summed E-state index contributed by atoms with van der Waals surface area (Å²) in [6.07, 6.45) is -3.46. The summed E-state index contributed by atoms with van der Waals surface area (Å²) in [6.45, 7) is 2.72. The average molecular weight is 311 g/mol. The SMILES string of the molecule is CC1CN(C(=O)C2(C(F)(F)F)CCC2)CCc2ccccc21. The molecule has 1 heterocycles. The molecule has 2 nitrogen and oxygen atoms in total. The fraction of sp³-hybridized carbons (Fsp3) is 0.588. The van der Waals surface area contributed by atoms with Gasteiger partial charge in [0.15, 0.2) is 0 Å². The highest BCUT2D eigenvalue weighted by molar-refractivity contribution is 5.84. The van der Waals surface area contributed by atoms with E-state index in [2.05, 4.69) is 0 Å². The first-order valence-electron chi connectivity index (χ1n) is 7.79. The highest BCUT2D eigenvalue weighted by Crippen LogP contribution is 2.54. The number of alkyl halides is 3. The van der Waals surface area contributed by atoms with Crippen LogP contribution >= 0.6 is 0 Å². The summed E-state index contributed by atoms with van der Waals surface area (Å²) in [7, 11) is 0. The Balaban J connectivity index is 1.84. The van der Waals surface area contributed by atoms with Gasteiger partial charge in [-0.25, -0.2) is 0 Å². The first-order chi connectivity index (χ1) is 10.3. The lowest BCUT2D eigenvalue weighted by molar-refractivity contribution is -0.248. The van der Waals surface area contributed by atoms with Gasteiger partial charge in [-0.1, -0.05) is 37.6 Å². The Labute approximate surface area is 128 Å². The molecule has 0 radical (unpaired) electrons. The summed E-state index contributed by atoms with van der Waals surface area (Å²) in [5, 5.41) is 0. The Morgan fingerprint density at radius 3 is 2.55 bits per heavy atom. The van der Waals surface area contributed by atoms with Gasteiger partial charge >= 0.3 is 6.18 Å². The van der Waals surface area contributed by atoms with Crippen molar-refractivity contribution in [1.29, 1.82) is 0 Å². The monoisotopic (exact) mass is 311 g/mol. The highest BCUT2D eigenvalue weighted by atomic mass is 19.4. The summed E-state index contributed by atoms with van der Waals surface area (Å²) in [5.41, 5.74) is 0.163. The number of carbonyl (C=O) groups is 1. The molecule has 1 saturated carbocycles. The number of amides is 1. The van der Waals surface area contributed by atoms with E-state index in [-0.39, 0.29) is 18.8 Å². The Morgan fingerprint density at radius 2 is 1.95 bits per heavy atom. The third-order valence-electron chi connectivity index (χ3n) is 5.18. The second-order valence-corrected chi connectivity index (χ2v) is 6.53. The molecule has 1 fully saturated rings. The van der Waals surface area contributed by atoms with Gasteiger partial charge in [-0.2, -0.15) is 13.2 Å². The minimum atomic E-state index is -4.44. The molecule has 0 spiro atoms. The number of rotatable bonds is 1. The topological polar surface area (TPSA) is 20.3 Å². The van der Waals surface area contributed by atoms with Crippen LogP contribution in [0.3, 0.4) is 0 Å². The number of hydrogen-bond acceptors (Lipinski definition) is 1. The molecule has 0 bridgehead atoms. The predicted octanol–water partition coefficient (Wildman–Crippen LogP) is 3.91. The van der Waals surface area contributed by atoms with Crippen LogP contribution in [0.1, 0.15) is 43.2 Å². The van der Waals surface area contributed by atoms with Gasteiger partial charge in [0.1, 0.15) is 5.41 Å². The van der Waals surface area contributed by atoms with Crippen molar-refractivity contribution >= 4 is 5.91 Å². The minimum Gasteiger partial charge on any atom is -0.341 e. The molecule has 1 atom stereocenters. The number of hydrogen-bond donors (Lipinski definition) is 0. The molecule has 3 rings (SSSR count). The van der Waals surface area contributed by atoms with Crippen LogP contribution in [0, 0.1) is 5.41 Å². The zero-order chi connectivity index (χ0) is 16.0. The lowest BCUT2D eigenvalue weighted by Gasteiger charge is -2.44. The summed E-state index contributed by atoms with van der Waals surface area (Å²) in [6, 6.07) is 7.89. The maximum absolute atomic E-state index is 13.4. The highest BCUT2D eigenvalue weighted by Gasteiger charge is 2.64. The summed E-state index contributed by atoms with van der Waals surface area (Å²) in [4.78, 5) is 14.0. The van der Waals surface area contributed by atoms with E-state index >= 15 is 0 Å². The van der Waals surface area contributed by atoms with Crippen LogP contribution in [-0.2, 0) is 11.2 Å². The molecule has 1 aliphatic carbocycles. The molecule has 120 valence electrons. The molecule has 0 N–H and O–H groups in total. The third-order valence-corrected chi connectivity index (χ3v) is 5.18. The van der Waals surface area contributed by atoms with Crippen molar-refractivity contribution in [2.24, 2.45) is 5.41 Å². The van der Waals surface area contributed by atoms with E-state index in [0.717, 1.165) is 11.1 Å². The largest absolute Gasteiger partial charge is 0.403 e. The predicted molar refractivity (Wildman–Crippen MR) is 77.5 cm³/mol. The zero-order valence-electron chi connectivity index (χ0n) is 12.6. The van der Waals surface area contributed by atoms with Crippen LogP contribution in [0.15, 0.2) is 24.3 Å². The first-order valence-corrected chi connectivity index (χ1v) is 7.79. The normalized spacial score (nSPS) is 24.2. The maximum Gasteiger partial charge on any atom is 0.403 e. The van der Waals surface area contributed by atoms with E-state index in [1.165, 1.54) is 4.90 Å². The van der Waals surface area contributed by atoms with Gasteiger partial charge in [-0.3, -0.25) is 4.79 Å². The lowest BCUT2D eigenvalue weighted by atomic mass is 9.67. The van der Waals surface area contributed by atoms with Crippen LogP contribution < -0.4 is 0 Å². The van der Waals surface area contributed by atoms with Crippen LogP contribution in [-0.4, -0.2) is 30.1 Å². The molecule has 2 aliphatic rings. The zero-order valence-corrected chi connectivity index (χ0v) is 12.6. The molecule has 22 heavy (non-hydrogen) atoms. The number of nitrogens with zero attached hydrogens (tertiary/aromatic N) is 1. The van der Waals surface area contributed by atoms with Crippen molar-refractivity contribution in [1.82, 2.24) is 4.90 Å². The molecule has 1 aromatic rings. The standard InChI is InChI=1S/C17H20F3NO/c1-12-11-21(10-7-13-5-2-3-6-14(12)13)15(22)16(8-4-9-16)17(18,19)20/h2-3,5-6,12H,4,7-11H2,1H3. The van der Waals surface area contributed by atoms with Crippen molar-refractivity contribution in [2.75, 3.05) is 13.1 Å². The lowest BCUT2D eigenvalue weighted by Crippen LogP contribution is -2.56. The number of halogens is 3. The van der Waals surface area contributed by atoms with Crippen molar-refractivity contribution < 1.29 is 18.0 Å². The third kappa shape index (κ3) is 2.31. The van der Waals surface area contributed by atoms with Gasteiger partial charge in [-0.05, 0) is 36.3 Å². The van der Waals surface area contributed by atoms with Gasteiger partial charge in [0.2, 0.25) is 5.91 Å². The number of benzene rings is 1. The molecule has 1 aliphatic heterocycles. The quantitative estimate of drug-likeness (QED) is 0.770. The minimum absolute atomic E-state index is 0.0623. The molecule has 0 aromatic heterocycles. The van der Waals surface area contributed by atoms with Gasteiger partial charge in [-0.15, -0.1) is 0 Å². The van der Waals surface area contributed by atoms with E-state index in [1.54, 1.807) is 0 Å². The van der Waals surface area contributed by atoms with Gasteiger partial charge in [0, 0.05) is 13.1 Å². The fourth-order valence-corrected chi connectivity index (χ4v) is 3.65.